The topological polar surface area (TPSA) is 44.5 Å². The summed E-state index contributed by atoms with van der Waals surface area (Å²) in [5, 5.41) is 0.657. The van der Waals surface area contributed by atoms with Crippen LogP contribution in [0.2, 0.25) is 5.02 Å². The lowest BCUT2D eigenvalue weighted by molar-refractivity contribution is 0.393. The highest BCUT2D eigenvalue weighted by Crippen LogP contribution is 2.31. The van der Waals surface area contributed by atoms with Gasteiger partial charge in [0.05, 0.1) is 25.3 Å². The van der Waals surface area contributed by atoms with E-state index >= 15 is 0 Å². The molecular formula is C15H15BrClNO2. The highest BCUT2D eigenvalue weighted by atomic mass is 79.9. The molecule has 0 aromatic heterocycles. The van der Waals surface area contributed by atoms with Crippen molar-refractivity contribution in [2.75, 3.05) is 14.2 Å². The van der Waals surface area contributed by atoms with E-state index in [0.29, 0.717) is 16.5 Å². The number of nitrogens with two attached hydrogens (primary N) is 1. The zero-order valence-corrected chi connectivity index (χ0v) is 13.5. The van der Waals surface area contributed by atoms with Crippen molar-refractivity contribution in [1.82, 2.24) is 0 Å². The van der Waals surface area contributed by atoms with E-state index in [-0.39, 0.29) is 6.04 Å². The van der Waals surface area contributed by atoms with Crippen LogP contribution in [0.5, 0.6) is 11.5 Å². The summed E-state index contributed by atoms with van der Waals surface area (Å²) in [6, 6.07) is 11.0. The van der Waals surface area contributed by atoms with Gasteiger partial charge in [0.2, 0.25) is 0 Å². The van der Waals surface area contributed by atoms with E-state index < -0.39 is 0 Å². The van der Waals surface area contributed by atoms with Crippen LogP contribution in [0.4, 0.5) is 0 Å². The van der Waals surface area contributed by atoms with Gasteiger partial charge in [-0.1, -0.05) is 17.7 Å². The third-order valence-corrected chi connectivity index (χ3v) is 4.25. The minimum Gasteiger partial charge on any atom is -0.497 e. The molecule has 0 radical (unpaired) electrons. The molecule has 20 heavy (non-hydrogen) atoms. The molecule has 5 heteroatoms. The van der Waals surface area contributed by atoms with Crippen molar-refractivity contribution < 1.29 is 9.47 Å². The first-order valence-electron chi connectivity index (χ1n) is 5.98. The van der Waals surface area contributed by atoms with Crippen LogP contribution in [0.25, 0.3) is 0 Å². The Hall–Kier alpha value is -1.23. The largest absolute Gasteiger partial charge is 0.497 e. The van der Waals surface area contributed by atoms with Gasteiger partial charge >= 0.3 is 0 Å². The van der Waals surface area contributed by atoms with E-state index in [4.69, 9.17) is 26.8 Å². The molecule has 2 rings (SSSR count). The molecule has 0 saturated heterocycles. The second kappa shape index (κ2) is 6.48. The predicted octanol–water partition coefficient (Wildman–Crippen LogP) is 4.17. The van der Waals surface area contributed by atoms with Crippen molar-refractivity contribution in [2.45, 2.75) is 6.04 Å². The van der Waals surface area contributed by atoms with Crippen LogP contribution < -0.4 is 15.2 Å². The quantitative estimate of drug-likeness (QED) is 0.894. The van der Waals surface area contributed by atoms with Crippen molar-refractivity contribution in [1.29, 1.82) is 0 Å². The first-order chi connectivity index (χ1) is 9.55. The minimum atomic E-state index is -0.285. The summed E-state index contributed by atoms with van der Waals surface area (Å²) >= 11 is 9.41. The van der Waals surface area contributed by atoms with Gasteiger partial charge in [0.15, 0.2) is 0 Å². The maximum atomic E-state index is 6.31. The molecule has 0 bridgehead atoms. The van der Waals surface area contributed by atoms with E-state index in [1.54, 1.807) is 14.2 Å². The first kappa shape index (κ1) is 15.2. The molecule has 0 aliphatic heterocycles. The molecule has 2 aromatic carbocycles. The Kier molecular flexibility index (Phi) is 4.91. The van der Waals surface area contributed by atoms with Gasteiger partial charge in [0.1, 0.15) is 11.5 Å². The van der Waals surface area contributed by atoms with Gasteiger partial charge < -0.3 is 15.2 Å². The fraction of sp³-hybridized carbons (Fsp3) is 0.200. The Morgan fingerprint density at radius 1 is 1.00 bits per heavy atom. The molecule has 0 amide bonds. The van der Waals surface area contributed by atoms with E-state index in [1.165, 1.54) is 0 Å². The molecule has 0 fully saturated rings. The molecule has 106 valence electrons. The second-order valence-corrected chi connectivity index (χ2v) is 5.56. The van der Waals surface area contributed by atoms with Crippen molar-refractivity contribution in [2.24, 2.45) is 5.73 Å². The molecule has 1 unspecified atom stereocenters. The second-order valence-electron chi connectivity index (χ2n) is 4.30. The number of benzene rings is 2. The van der Waals surface area contributed by atoms with Crippen LogP contribution >= 0.6 is 27.5 Å². The van der Waals surface area contributed by atoms with E-state index in [1.807, 2.05) is 36.4 Å². The van der Waals surface area contributed by atoms with E-state index in [2.05, 4.69) is 15.9 Å². The minimum absolute atomic E-state index is 0.285. The Morgan fingerprint density at radius 2 is 1.60 bits per heavy atom. The molecule has 1 atom stereocenters. The third kappa shape index (κ3) is 3.26. The molecule has 0 aliphatic rings. The number of methoxy groups -OCH3 is 2. The normalized spacial score (nSPS) is 12.1. The van der Waals surface area contributed by atoms with Crippen LogP contribution in [0.15, 0.2) is 40.9 Å². The maximum absolute atomic E-state index is 6.31. The zero-order valence-electron chi connectivity index (χ0n) is 11.2. The van der Waals surface area contributed by atoms with Crippen molar-refractivity contribution in [3.05, 3.63) is 57.0 Å². The summed E-state index contributed by atoms with van der Waals surface area (Å²) in [4.78, 5) is 0. The summed E-state index contributed by atoms with van der Waals surface area (Å²) in [7, 11) is 3.23. The molecule has 3 nitrogen and oxygen atoms in total. The predicted molar refractivity (Wildman–Crippen MR) is 84.7 cm³/mol. The van der Waals surface area contributed by atoms with Crippen molar-refractivity contribution in [3.8, 4) is 11.5 Å². The van der Waals surface area contributed by atoms with Gasteiger partial charge in [-0.25, -0.2) is 0 Å². The summed E-state index contributed by atoms with van der Waals surface area (Å²) in [6.07, 6.45) is 0. The Labute approximate surface area is 131 Å². The summed E-state index contributed by atoms with van der Waals surface area (Å²) in [6.45, 7) is 0. The highest BCUT2D eigenvalue weighted by molar-refractivity contribution is 9.10. The van der Waals surface area contributed by atoms with Gasteiger partial charge in [0.25, 0.3) is 0 Å². The third-order valence-electron chi connectivity index (χ3n) is 3.04. The van der Waals surface area contributed by atoms with E-state index in [9.17, 15) is 0 Å². The number of hydrogen-bond donors (Lipinski definition) is 1. The number of halogens is 2. The number of ether oxygens (including phenoxy) is 2. The lowest BCUT2D eigenvalue weighted by Crippen LogP contribution is -2.12. The van der Waals surface area contributed by atoms with Gasteiger partial charge in [-0.15, -0.1) is 0 Å². The Balaban J connectivity index is 2.41. The van der Waals surface area contributed by atoms with Crippen LogP contribution in [0.3, 0.4) is 0 Å². The fourth-order valence-electron chi connectivity index (χ4n) is 1.91. The molecular weight excluding hydrogens is 342 g/mol. The van der Waals surface area contributed by atoms with Crippen LogP contribution in [-0.4, -0.2) is 14.2 Å². The molecule has 0 saturated carbocycles. The molecule has 0 spiro atoms. The fourth-order valence-corrected chi connectivity index (χ4v) is 2.42. The van der Waals surface area contributed by atoms with Crippen molar-refractivity contribution >= 4 is 27.5 Å². The Bertz CT molecular complexity index is 597. The maximum Gasteiger partial charge on any atom is 0.122 e. The lowest BCUT2D eigenvalue weighted by atomic mass is 9.99. The molecule has 0 aliphatic carbocycles. The average Bonchev–Trinajstić information content (AvgIpc) is 2.48. The average molecular weight is 357 g/mol. The van der Waals surface area contributed by atoms with Gasteiger partial charge in [-0.05, 0) is 51.3 Å². The van der Waals surface area contributed by atoms with Gasteiger partial charge in [-0.2, -0.15) is 0 Å². The Morgan fingerprint density at radius 3 is 2.10 bits per heavy atom. The van der Waals surface area contributed by atoms with Crippen LogP contribution in [0, 0.1) is 0 Å². The molecule has 0 heterocycles. The number of hydrogen-bond acceptors (Lipinski definition) is 3. The van der Waals surface area contributed by atoms with Gasteiger partial charge in [-0.3, -0.25) is 0 Å². The van der Waals surface area contributed by atoms with E-state index in [0.717, 1.165) is 15.6 Å². The summed E-state index contributed by atoms with van der Waals surface area (Å²) in [5.41, 5.74) is 8.18. The van der Waals surface area contributed by atoms with Gasteiger partial charge in [0, 0.05) is 10.5 Å². The number of rotatable bonds is 4. The lowest BCUT2D eigenvalue weighted by Gasteiger charge is -2.16. The van der Waals surface area contributed by atoms with Crippen LogP contribution in [-0.2, 0) is 0 Å². The molecule has 2 aromatic rings. The highest BCUT2D eigenvalue weighted by Gasteiger charge is 2.13. The molecule has 2 N–H and O–H groups in total. The first-order valence-corrected chi connectivity index (χ1v) is 7.15. The summed E-state index contributed by atoms with van der Waals surface area (Å²) < 4.78 is 11.3. The van der Waals surface area contributed by atoms with Crippen molar-refractivity contribution in [3.63, 3.8) is 0 Å². The zero-order chi connectivity index (χ0) is 14.7. The SMILES string of the molecule is COc1cc(OC)cc(C(N)c2ccc(Cl)c(Br)c2)c1. The van der Waals surface area contributed by atoms with Crippen LogP contribution in [0.1, 0.15) is 17.2 Å². The summed E-state index contributed by atoms with van der Waals surface area (Å²) in [5.74, 6) is 1.42. The smallest absolute Gasteiger partial charge is 0.122 e. The monoisotopic (exact) mass is 355 g/mol. The standard InChI is InChI=1S/C15H15BrClNO2/c1-19-11-5-10(6-12(8-11)20-2)15(18)9-3-4-14(17)13(16)7-9/h3-8,15H,18H2,1-2H3.